The Kier molecular flexibility index (Phi) is 5.08. The van der Waals surface area contributed by atoms with Crippen molar-refractivity contribution in [3.8, 4) is 0 Å². The molecule has 0 unspecified atom stereocenters. The molecule has 0 aliphatic heterocycles. The summed E-state index contributed by atoms with van der Waals surface area (Å²) in [5.41, 5.74) is 11.4. The number of hydrogen-bond donors (Lipinski definition) is 0. The minimum absolute atomic E-state index is 0.985. The van der Waals surface area contributed by atoms with E-state index in [2.05, 4.69) is 184 Å². The molecule has 0 spiro atoms. The first-order valence-electron chi connectivity index (χ1n) is 18.2. The molecule has 0 N–H and O–H groups in total. The predicted octanol–water partition coefficient (Wildman–Crippen LogP) is 13.2. The van der Waals surface area contributed by atoms with Crippen molar-refractivity contribution < 1.29 is 0 Å². The van der Waals surface area contributed by atoms with Gasteiger partial charge in [0.05, 0.1) is 38.8 Å². The Hall–Kier alpha value is -7.17. The van der Waals surface area contributed by atoms with Crippen LogP contribution in [0, 0.1) is 0 Å². The Bertz CT molecular complexity index is 3580. The van der Waals surface area contributed by atoms with Crippen molar-refractivity contribution in [2.75, 3.05) is 4.90 Å². The van der Waals surface area contributed by atoms with Crippen molar-refractivity contribution in [3.05, 3.63) is 170 Å². The fourth-order valence-electron chi connectivity index (χ4n) is 9.58. The largest absolute Gasteiger partial charge is 0.308 e. The first kappa shape index (κ1) is 27.5. The van der Waals surface area contributed by atoms with E-state index in [1.54, 1.807) is 0 Å². The lowest BCUT2D eigenvalue weighted by molar-refractivity contribution is 1.26. The van der Waals surface area contributed by atoms with Crippen LogP contribution >= 0.6 is 0 Å². The van der Waals surface area contributed by atoms with Gasteiger partial charge in [0.15, 0.2) is 0 Å². The van der Waals surface area contributed by atoms with E-state index in [-0.39, 0.29) is 0 Å². The van der Waals surface area contributed by atoms with Crippen molar-refractivity contribution in [2.45, 2.75) is 0 Å². The van der Waals surface area contributed by atoms with Crippen LogP contribution in [0.3, 0.4) is 0 Å². The summed E-state index contributed by atoms with van der Waals surface area (Å²) >= 11 is 0. The number of aromatic nitrogens is 3. The van der Waals surface area contributed by atoms with Gasteiger partial charge in [-0.25, -0.2) is 4.98 Å². The maximum absolute atomic E-state index is 5.81. The Morgan fingerprint density at radius 1 is 0.377 bits per heavy atom. The summed E-state index contributed by atoms with van der Waals surface area (Å²) in [4.78, 5) is 8.25. The average Bonchev–Trinajstić information content (AvgIpc) is 3.94. The molecule has 0 fully saturated rings. The summed E-state index contributed by atoms with van der Waals surface area (Å²) in [5.74, 6) is 0. The normalized spacial score (nSPS) is 12.5. The van der Waals surface area contributed by atoms with Crippen molar-refractivity contribution in [2.24, 2.45) is 0 Å². The second kappa shape index (κ2) is 9.78. The highest BCUT2D eigenvalue weighted by molar-refractivity contribution is 6.33. The van der Waals surface area contributed by atoms with Crippen molar-refractivity contribution >= 4 is 115 Å². The summed E-state index contributed by atoms with van der Waals surface area (Å²) in [7, 11) is 0. The van der Waals surface area contributed by atoms with E-state index in [9.17, 15) is 0 Å². The molecule has 53 heavy (non-hydrogen) atoms. The van der Waals surface area contributed by atoms with Crippen molar-refractivity contribution in [1.29, 1.82) is 0 Å². The highest BCUT2D eigenvalue weighted by Gasteiger charge is 2.28. The molecular weight excluding hydrogens is 645 g/mol. The van der Waals surface area contributed by atoms with E-state index in [1.165, 1.54) is 75.8 Å². The van der Waals surface area contributed by atoms with Crippen LogP contribution in [-0.2, 0) is 0 Å². The maximum Gasteiger partial charge on any atom is 0.146 e. The Morgan fingerprint density at radius 2 is 0.943 bits per heavy atom. The highest BCUT2D eigenvalue weighted by atomic mass is 15.2. The third kappa shape index (κ3) is 3.39. The topological polar surface area (TPSA) is 25.0 Å². The van der Waals surface area contributed by atoms with Crippen LogP contribution in [0.1, 0.15) is 0 Å². The first-order chi connectivity index (χ1) is 26.3. The SMILES string of the molecule is c1ccc(N(c2ccccc2)c2c3ccccc3cc3c4cccc5c6cc7c(nc6n(c23)c54)c2c3ccccc3cc3c4ccccc4n7c32)cc1. The van der Waals surface area contributed by atoms with Crippen LogP contribution in [0.25, 0.3) is 98.0 Å². The maximum atomic E-state index is 5.81. The summed E-state index contributed by atoms with van der Waals surface area (Å²) in [5, 5.41) is 13.5. The molecule has 0 amide bonds. The second-order valence-corrected chi connectivity index (χ2v) is 14.3. The van der Waals surface area contributed by atoms with Crippen LogP contribution < -0.4 is 4.90 Å². The van der Waals surface area contributed by atoms with Crippen LogP contribution in [0.2, 0.25) is 0 Å². The molecule has 0 aliphatic carbocycles. The molecule has 4 nitrogen and oxygen atoms in total. The second-order valence-electron chi connectivity index (χ2n) is 14.3. The van der Waals surface area contributed by atoms with E-state index in [0.29, 0.717) is 0 Å². The number of hydrogen-bond acceptors (Lipinski definition) is 2. The lowest BCUT2D eigenvalue weighted by Crippen LogP contribution is -2.11. The van der Waals surface area contributed by atoms with Gasteiger partial charge in [-0.2, -0.15) is 0 Å². The van der Waals surface area contributed by atoms with E-state index < -0.39 is 0 Å². The van der Waals surface area contributed by atoms with Gasteiger partial charge in [0, 0.05) is 54.5 Å². The van der Waals surface area contributed by atoms with Gasteiger partial charge in [0.1, 0.15) is 5.65 Å². The number of para-hydroxylation sites is 4. The number of pyridine rings is 1. The standard InChI is InChI=1S/C49H28N4/c1-3-16-31(17-4-1)51(32-18-5-2-6-19-32)47-34-21-10-8-15-30(34)27-39-36-23-13-24-37-40-28-42-44(50-49(40)53(45(36)37)48(39)47)43-33-20-9-7-14-29(33)26-38-35-22-11-12-25-41(35)52(42)46(38)43/h1-28H. The Morgan fingerprint density at radius 3 is 1.68 bits per heavy atom. The van der Waals surface area contributed by atoms with E-state index >= 15 is 0 Å². The number of anilines is 3. The number of fused-ring (bicyclic) bond motifs is 15. The molecule has 4 heteroatoms. The molecule has 13 aromatic rings. The monoisotopic (exact) mass is 672 g/mol. The predicted molar refractivity (Wildman–Crippen MR) is 223 cm³/mol. The summed E-state index contributed by atoms with van der Waals surface area (Å²) in [6.45, 7) is 0. The molecule has 0 aliphatic rings. The van der Waals surface area contributed by atoms with Crippen LogP contribution in [0.5, 0.6) is 0 Å². The van der Waals surface area contributed by atoms with Crippen LogP contribution in [0.4, 0.5) is 17.1 Å². The smallest absolute Gasteiger partial charge is 0.146 e. The van der Waals surface area contributed by atoms with Gasteiger partial charge in [-0.1, -0.05) is 121 Å². The molecule has 13 rings (SSSR count). The summed E-state index contributed by atoms with van der Waals surface area (Å²) in [6, 6.07) is 61.9. The lowest BCUT2D eigenvalue weighted by atomic mass is 10.0. The minimum atomic E-state index is 0.985. The van der Waals surface area contributed by atoms with Gasteiger partial charge < -0.3 is 9.30 Å². The minimum Gasteiger partial charge on any atom is -0.308 e. The molecule has 0 saturated carbocycles. The number of nitrogens with zero attached hydrogens (tertiary/aromatic N) is 4. The van der Waals surface area contributed by atoms with Crippen LogP contribution in [-0.4, -0.2) is 13.8 Å². The fraction of sp³-hybridized carbons (Fsp3) is 0. The van der Waals surface area contributed by atoms with E-state index in [0.717, 1.165) is 39.3 Å². The third-order valence-corrected chi connectivity index (χ3v) is 11.7. The molecular formula is C49H28N4. The Balaban J connectivity index is 1.29. The van der Waals surface area contributed by atoms with Gasteiger partial charge in [-0.15, -0.1) is 0 Å². The quantitative estimate of drug-likeness (QED) is 0.187. The summed E-state index contributed by atoms with van der Waals surface area (Å²) < 4.78 is 4.94. The highest BCUT2D eigenvalue weighted by Crippen LogP contribution is 2.50. The fourth-order valence-corrected chi connectivity index (χ4v) is 9.58. The Labute approximate surface area is 302 Å². The van der Waals surface area contributed by atoms with Gasteiger partial charge in [-0.05, 0) is 64.7 Å². The van der Waals surface area contributed by atoms with Crippen LogP contribution in [0.15, 0.2) is 170 Å². The summed E-state index contributed by atoms with van der Waals surface area (Å²) in [6.07, 6.45) is 0. The third-order valence-electron chi connectivity index (χ3n) is 11.7. The van der Waals surface area contributed by atoms with Gasteiger partial charge in [0.25, 0.3) is 0 Å². The number of rotatable bonds is 3. The first-order valence-corrected chi connectivity index (χ1v) is 18.2. The van der Waals surface area contributed by atoms with Gasteiger partial charge in [-0.3, -0.25) is 4.40 Å². The molecule has 0 atom stereocenters. The van der Waals surface area contributed by atoms with E-state index in [1.807, 2.05) is 0 Å². The van der Waals surface area contributed by atoms with Crippen molar-refractivity contribution in [1.82, 2.24) is 13.8 Å². The molecule has 5 aromatic heterocycles. The molecule has 244 valence electrons. The van der Waals surface area contributed by atoms with E-state index in [4.69, 9.17) is 4.98 Å². The van der Waals surface area contributed by atoms with Crippen molar-refractivity contribution in [3.63, 3.8) is 0 Å². The number of benzene rings is 8. The molecule has 5 heterocycles. The molecule has 8 aromatic carbocycles. The van der Waals surface area contributed by atoms with Gasteiger partial charge in [0.2, 0.25) is 0 Å². The zero-order valence-corrected chi connectivity index (χ0v) is 28.5. The average molecular weight is 673 g/mol. The van der Waals surface area contributed by atoms with Gasteiger partial charge >= 0.3 is 0 Å². The zero-order chi connectivity index (χ0) is 34.4. The molecule has 0 bridgehead atoms. The lowest BCUT2D eigenvalue weighted by Gasteiger charge is -2.28. The zero-order valence-electron chi connectivity index (χ0n) is 28.5. The molecule has 0 radical (unpaired) electrons. The molecule has 0 saturated heterocycles.